The van der Waals surface area contributed by atoms with Crippen LogP contribution in [0.15, 0.2) is 71.4 Å². The summed E-state index contributed by atoms with van der Waals surface area (Å²) >= 11 is 0. The molecule has 0 amide bonds. The molecule has 0 N–H and O–H groups in total. The Morgan fingerprint density at radius 3 is 2.61 bits per heavy atom. The maximum absolute atomic E-state index is 5.80. The van der Waals surface area contributed by atoms with Gasteiger partial charge in [0, 0.05) is 22.4 Å². The number of rotatable bonds is 1. The van der Waals surface area contributed by atoms with Gasteiger partial charge in [0.25, 0.3) is 0 Å². The standard InChI is InChI=1S/C19H11N3O/c1-2-4-15-12(3-1)5-7-16(21-15)17-8-6-14-13-9-10-20-11-18(13)23-19(14)22-17/h1-11H. The topological polar surface area (TPSA) is 51.8 Å². The van der Waals surface area contributed by atoms with Crippen LogP contribution in [0, 0.1) is 0 Å². The Balaban J connectivity index is 1.73. The van der Waals surface area contributed by atoms with E-state index in [9.17, 15) is 0 Å². The molecule has 0 aliphatic heterocycles. The van der Waals surface area contributed by atoms with E-state index in [1.807, 2.05) is 42.5 Å². The third-order valence-corrected chi connectivity index (χ3v) is 4.00. The molecule has 0 aliphatic carbocycles. The molecule has 0 bridgehead atoms. The van der Waals surface area contributed by atoms with Crippen molar-refractivity contribution in [1.29, 1.82) is 0 Å². The number of aromatic nitrogens is 3. The molecule has 0 saturated carbocycles. The Morgan fingerprint density at radius 2 is 1.61 bits per heavy atom. The second-order valence-electron chi connectivity index (χ2n) is 5.41. The first-order chi connectivity index (χ1) is 11.4. The highest BCUT2D eigenvalue weighted by molar-refractivity contribution is 6.03. The van der Waals surface area contributed by atoms with Gasteiger partial charge in [-0.1, -0.05) is 24.3 Å². The monoisotopic (exact) mass is 297 g/mol. The quantitative estimate of drug-likeness (QED) is 0.454. The first kappa shape index (κ1) is 12.3. The van der Waals surface area contributed by atoms with Crippen molar-refractivity contribution in [1.82, 2.24) is 15.0 Å². The Kier molecular flexibility index (Phi) is 2.46. The third kappa shape index (κ3) is 1.89. The van der Waals surface area contributed by atoms with Crippen LogP contribution in [0.2, 0.25) is 0 Å². The predicted octanol–water partition coefficient (Wildman–Crippen LogP) is 4.59. The van der Waals surface area contributed by atoms with Gasteiger partial charge in [-0.2, -0.15) is 0 Å². The molecule has 4 heterocycles. The normalized spacial score (nSPS) is 11.5. The molecule has 0 atom stereocenters. The summed E-state index contributed by atoms with van der Waals surface area (Å²) in [5.74, 6) is 0. The van der Waals surface area contributed by atoms with Gasteiger partial charge in [-0.05, 0) is 30.3 Å². The Labute approximate surface area is 131 Å². The molecule has 4 aromatic heterocycles. The summed E-state index contributed by atoms with van der Waals surface area (Å²) in [6, 6.07) is 18.1. The highest BCUT2D eigenvalue weighted by Gasteiger charge is 2.10. The van der Waals surface area contributed by atoms with Crippen LogP contribution in [0.3, 0.4) is 0 Å². The lowest BCUT2D eigenvalue weighted by Gasteiger charge is -2.02. The van der Waals surface area contributed by atoms with Crippen molar-refractivity contribution in [3.8, 4) is 11.4 Å². The number of pyridine rings is 3. The van der Waals surface area contributed by atoms with Gasteiger partial charge < -0.3 is 4.42 Å². The Morgan fingerprint density at radius 1 is 0.739 bits per heavy atom. The van der Waals surface area contributed by atoms with Crippen molar-refractivity contribution in [2.75, 3.05) is 0 Å². The summed E-state index contributed by atoms with van der Waals surface area (Å²) < 4.78 is 5.80. The summed E-state index contributed by atoms with van der Waals surface area (Å²) in [6.07, 6.45) is 3.47. The van der Waals surface area contributed by atoms with E-state index in [0.29, 0.717) is 5.71 Å². The van der Waals surface area contributed by atoms with E-state index < -0.39 is 0 Å². The smallest absolute Gasteiger partial charge is 0.228 e. The van der Waals surface area contributed by atoms with Crippen LogP contribution in [-0.2, 0) is 0 Å². The number of nitrogens with zero attached hydrogens (tertiary/aromatic N) is 3. The van der Waals surface area contributed by atoms with Crippen LogP contribution >= 0.6 is 0 Å². The van der Waals surface area contributed by atoms with Crippen LogP contribution in [0.25, 0.3) is 44.4 Å². The number of hydrogen-bond donors (Lipinski definition) is 0. The van der Waals surface area contributed by atoms with Crippen LogP contribution in [0.4, 0.5) is 0 Å². The van der Waals surface area contributed by atoms with Crippen LogP contribution < -0.4 is 0 Å². The van der Waals surface area contributed by atoms with Gasteiger partial charge in [0.1, 0.15) is 0 Å². The minimum atomic E-state index is 0.612. The fraction of sp³-hybridized carbons (Fsp3) is 0. The molecule has 0 unspecified atom stereocenters. The minimum Gasteiger partial charge on any atom is -0.436 e. The van der Waals surface area contributed by atoms with Gasteiger partial charge >= 0.3 is 0 Å². The molecule has 4 heteroatoms. The average Bonchev–Trinajstić information content (AvgIpc) is 2.99. The van der Waals surface area contributed by atoms with E-state index in [0.717, 1.165) is 38.6 Å². The van der Waals surface area contributed by atoms with Gasteiger partial charge in [-0.25, -0.2) is 9.97 Å². The molecule has 4 nitrogen and oxygen atoms in total. The van der Waals surface area contributed by atoms with E-state index in [1.165, 1.54) is 0 Å². The van der Waals surface area contributed by atoms with Gasteiger partial charge in [0.05, 0.1) is 23.1 Å². The zero-order valence-corrected chi connectivity index (χ0v) is 12.1. The van der Waals surface area contributed by atoms with Crippen LogP contribution in [0.5, 0.6) is 0 Å². The van der Waals surface area contributed by atoms with E-state index >= 15 is 0 Å². The van der Waals surface area contributed by atoms with Crippen molar-refractivity contribution < 1.29 is 4.42 Å². The highest BCUT2D eigenvalue weighted by Crippen LogP contribution is 2.29. The molecule has 0 fully saturated rings. The number of para-hydroxylation sites is 1. The zero-order valence-electron chi connectivity index (χ0n) is 12.1. The lowest BCUT2D eigenvalue weighted by atomic mass is 10.1. The maximum Gasteiger partial charge on any atom is 0.228 e. The van der Waals surface area contributed by atoms with Crippen molar-refractivity contribution >= 4 is 33.0 Å². The SMILES string of the molecule is c1ccc2nc(-c3ccc4c(n3)oc3cnccc34)ccc2c1. The largest absolute Gasteiger partial charge is 0.436 e. The number of hydrogen-bond acceptors (Lipinski definition) is 4. The van der Waals surface area contributed by atoms with Gasteiger partial charge in [0.15, 0.2) is 5.58 Å². The number of fused-ring (bicyclic) bond motifs is 4. The van der Waals surface area contributed by atoms with E-state index in [1.54, 1.807) is 12.4 Å². The summed E-state index contributed by atoms with van der Waals surface area (Å²) in [4.78, 5) is 13.4. The minimum absolute atomic E-state index is 0.612. The molecule has 108 valence electrons. The number of benzene rings is 1. The van der Waals surface area contributed by atoms with Crippen molar-refractivity contribution in [3.63, 3.8) is 0 Å². The van der Waals surface area contributed by atoms with Gasteiger partial charge in [0.2, 0.25) is 5.71 Å². The zero-order chi connectivity index (χ0) is 15.2. The molecule has 23 heavy (non-hydrogen) atoms. The summed E-state index contributed by atoms with van der Waals surface area (Å²) in [6.45, 7) is 0. The van der Waals surface area contributed by atoms with Crippen molar-refractivity contribution in [2.45, 2.75) is 0 Å². The summed E-state index contributed by atoms with van der Waals surface area (Å²) in [7, 11) is 0. The molecule has 0 aliphatic rings. The fourth-order valence-electron chi connectivity index (χ4n) is 2.86. The van der Waals surface area contributed by atoms with Crippen LogP contribution in [-0.4, -0.2) is 15.0 Å². The lowest BCUT2D eigenvalue weighted by molar-refractivity contribution is 0.652. The van der Waals surface area contributed by atoms with Gasteiger partial charge in [-0.15, -0.1) is 0 Å². The van der Waals surface area contributed by atoms with E-state index in [4.69, 9.17) is 4.42 Å². The molecular formula is C19H11N3O. The second-order valence-corrected chi connectivity index (χ2v) is 5.41. The highest BCUT2D eigenvalue weighted by atomic mass is 16.3. The van der Waals surface area contributed by atoms with Crippen LogP contribution in [0.1, 0.15) is 0 Å². The predicted molar refractivity (Wildman–Crippen MR) is 90.0 cm³/mol. The molecule has 0 radical (unpaired) electrons. The molecule has 5 aromatic rings. The molecular weight excluding hydrogens is 286 g/mol. The van der Waals surface area contributed by atoms with Crippen molar-refractivity contribution in [3.05, 3.63) is 67.0 Å². The fourth-order valence-corrected chi connectivity index (χ4v) is 2.86. The summed E-state index contributed by atoms with van der Waals surface area (Å²) in [5.41, 5.74) is 3.96. The molecule has 5 rings (SSSR count). The molecule has 1 aromatic carbocycles. The van der Waals surface area contributed by atoms with Crippen molar-refractivity contribution in [2.24, 2.45) is 0 Å². The summed E-state index contributed by atoms with van der Waals surface area (Å²) in [5, 5.41) is 3.14. The average molecular weight is 297 g/mol. The van der Waals surface area contributed by atoms with E-state index in [2.05, 4.69) is 27.1 Å². The Bertz CT molecular complexity index is 1180. The second kappa shape index (κ2) is 4.61. The van der Waals surface area contributed by atoms with Gasteiger partial charge in [-0.3, -0.25) is 4.98 Å². The maximum atomic E-state index is 5.80. The first-order valence-corrected chi connectivity index (χ1v) is 7.38. The Hall–Kier alpha value is -3.27. The molecule has 0 saturated heterocycles. The van der Waals surface area contributed by atoms with E-state index in [-0.39, 0.29) is 0 Å². The lowest BCUT2D eigenvalue weighted by Crippen LogP contribution is -1.88. The first-order valence-electron chi connectivity index (χ1n) is 7.38. The number of furan rings is 1. The molecule has 0 spiro atoms. The third-order valence-electron chi connectivity index (χ3n) is 4.00.